The fourth-order valence-electron chi connectivity index (χ4n) is 4.13. The predicted octanol–water partition coefficient (Wildman–Crippen LogP) is 2.91. The fraction of sp³-hybridized carbons (Fsp3) is 0.650. The molecule has 1 heterocycles. The molecular formula is C20H31N5O2. The van der Waals surface area contributed by atoms with Gasteiger partial charge in [-0.2, -0.15) is 0 Å². The standard InChI is InChI=1S/C20H31N5O2/c1-2-21-20(22-13-17-8-5-9-19(12-17)25(26)27)23-18-10-11-24(15-18)14-16-6-3-4-7-16/h5,8-9,12,16,18H,2-4,6-7,10-11,13-15H2,1H3,(H2,21,22,23). The summed E-state index contributed by atoms with van der Waals surface area (Å²) in [5.41, 5.74) is 0.953. The van der Waals surface area contributed by atoms with Gasteiger partial charge in [-0.3, -0.25) is 10.1 Å². The summed E-state index contributed by atoms with van der Waals surface area (Å²) in [6.45, 7) is 6.72. The zero-order valence-electron chi connectivity index (χ0n) is 16.2. The molecule has 0 aromatic heterocycles. The number of hydrogen-bond acceptors (Lipinski definition) is 4. The maximum absolute atomic E-state index is 10.9. The average Bonchev–Trinajstić information content (AvgIpc) is 3.33. The molecule has 7 heteroatoms. The molecule has 1 saturated carbocycles. The van der Waals surface area contributed by atoms with E-state index in [9.17, 15) is 10.1 Å². The highest BCUT2D eigenvalue weighted by molar-refractivity contribution is 5.80. The van der Waals surface area contributed by atoms with Crippen LogP contribution in [0.15, 0.2) is 29.3 Å². The van der Waals surface area contributed by atoms with Crippen molar-refractivity contribution in [2.75, 3.05) is 26.2 Å². The third-order valence-electron chi connectivity index (χ3n) is 5.49. The van der Waals surface area contributed by atoms with Gasteiger partial charge in [-0.05, 0) is 37.7 Å². The van der Waals surface area contributed by atoms with Gasteiger partial charge in [0.15, 0.2) is 5.96 Å². The second-order valence-electron chi connectivity index (χ2n) is 7.66. The molecule has 2 aliphatic rings. The second kappa shape index (κ2) is 9.69. The number of hydrogen-bond donors (Lipinski definition) is 2. The van der Waals surface area contributed by atoms with Gasteiger partial charge >= 0.3 is 0 Å². The zero-order valence-corrected chi connectivity index (χ0v) is 16.2. The molecule has 148 valence electrons. The van der Waals surface area contributed by atoms with Crippen molar-refractivity contribution in [3.8, 4) is 0 Å². The molecule has 1 aliphatic heterocycles. The minimum Gasteiger partial charge on any atom is -0.357 e. The molecule has 27 heavy (non-hydrogen) atoms. The van der Waals surface area contributed by atoms with Crippen molar-refractivity contribution >= 4 is 11.6 Å². The summed E-state index contributed by atoms with van der Waals surface area (Å²) < 4.78 is 0. The summed E-state index contributed by atoms with van der Waals surface area (Å²) in [7, 11) is 0. The van der Waals surface area contributed by atoms with Gasteiger partial charge in [0.25, 0.3) is 5.69 Å². The quantitative estimate of drug-likeness (QED) is 0.332. The van der Waals surface area contributed by atoms with Crippen LogP contribution >= 0.6 is 0 Å². The molecule has 1 aromatic rings. The first-order valence-electron chi connectivity index (χ1n) is 10.1. The van der Waals surface area contributed by atoms with E-state index in [0.29, 0.717) is 12.6 Å². The Balaban J connectivity index is 1.53. The number of rotatable bonds is 7. The van der Waals surface area contributed by atoms with Crippen LogP contribution in [-0.4, -0.2) is 48.0 Å². The Morgan fingerprint density at radius 2 is 2.15 bits per heavy atom. The molecule has 0 spiro atoms. The fourth-order valence-corrected chi connectivity index (χ4v) is 4.13. The van der Waals surface area contributed by atoms with Crippen LogP contribution in [0.3, 0.4) is 0 Å². The summed E-state index contributed by atoms with van der Waals surface area (Å²) in [5, 5.41) is 17.8. The second-order valence-corrected chi connectivity index (χ2v) is 7.66. The first-order chi connectivity index (χ1) is 13.1. The molecular weight excluding hydrogens is 342 g/mol. The number of nitrogens with zero attached hydrogens (tertiary/aromatic N) is 3. The molecule has 0 bridgehead atoms. The topological polar surface area (TPSA) is 82.8 Å². The Hall–Kier alpha value is -2.15. The SMILES string of the molecule is CCNC(=NCc1cccc([N+](=O)[O-])c1)NC1CCN(CC2CCCC2)C1. The van der Waals surface area contributed by atoms with Crippen LogP contribution in [0, 0.1) is 16.0 Å². The Bertz CT molecular complexity index is 658. The van der Waals surface area contributed by atoms with E-state index in [2.05, 4.69) is 20.5 Å². The van der Waals surface area contributed by atoms with E-state index in [1.807, 2.05) is 13.0 Å². The molecule has 1 aliphatic carbocycles. The minimum atomic E-state index is -0.367. The molecule has 1 unspecified atom stereocenters. The Labute approximate surface area is 161 Å². The minimum absolute atomic E-state index is 0.110. The Morgan fingerprint density at radius 1 is 1.33 bits per heavy atom. The Morgan fingerprint density at radius 3 is 2.89 bits per heavy atom. The highest BCUT2D eigenvalue weighted by atomic mass is 16.6. The van der Waals surface area contributed by atoms with Gasteiger partial charge in [-0.15, -0.1) is 0 Å². The number of guanidine groups is 1. The monoisotopic (exact) mass is 373 g/mol. The average molecular weight is 374 g/mol. The van der Waals surface area contributed by atoms with Crippen LogP contribution in [0.2, 0.25) is 0 Å². The van der Waals surface area contributed by atoms with Crippen LogP contribution in [0.25, 0.3) is 0 Å². The predicted molar refractivity (Wildman–Crippen MR) is 108 cm³/mol. The number of nitro benzene ring substituents is 1. The number of non-ortho nitro benzene ring substituents is 1. The molecule has 3 rings (SSSR count). The van der Waals surface area contributed by atoms with Gasteiger partial charge in [-0.1, -0.05) is 25.0 Å². The lowest BCUT2D eigenvalue weighted by Crippen LogP contribution is -2.44. The molecule has 2 N–H and O–H groups in total. The zero-order chi connectivity index (χ0) is 19.1. The van der Waals surface area contributed by atoms with E-state index in [0.717, 1.165) is 43.5 Å². The first-order valence-corrected chi connectivity index (χ1v) is 10.1. The van der Waals surface area contributed by atoms with Gasteiger partial charge in [-0.25, -0.2) is 4.99 Å². The lowest BCUT2D eigenvalue weighted by molar-refractivity contribution is -0.384. The molecule has 0 amide bonds. The van der Waals surface area contributed by atoms with Gasteiger partial charge in [0.1, 0.15) is 0 Å². The van der Waals surface area contributed by atoms with Crippen LogP contribution in [0.4, 0.5) is 5.69 Å². The van der Waals surface area contributed by atoms with E-state index < -0.39 is 0 Å². The number of likely N-dealkylation sites (tertiary alicyclic amines) is 1. The molecule has 7 nitrogen and oxygen atoms in total. The molecule has 1 aromatic carbocycles. The highest BCUT2D eigenvalue weighted by Gasteiger charge is 2.26. The van der Waals surface area contributed by atoms with Crippen molar-refractivity contribution in [3.63, 3.8) is 0 Å². The lowest BCUT2D eigenvalue weighted by Gasteiger charge is -2.21. The number of aliphatic imine (C=N–C) groups is 1. The van der Waals surface area contributed by atoms with Crippen molar-refractivity contribution in [1.29, 1.82) is 0 Å². The largest absolute Gasteiger partial charge is 0.357 e. The summed E-state index contributed by atoms with van der Waals surface area (Å²) in [5.74, 6) is 1.68. The Kier molecular flexibility index (Phi) is 7.04. The molecule has 1 atom stereocenters. The third-order valence-corrected chi connectivity index (χ3v) is 5.49. The van der Waals surface area contributed by atoms with Crippen molar-refractivity contribution in [1.82, 2.24) is 15.5 Å². The number of nitro groups is 1. The van der Waals surface area contributed by atoms with Crippen molar-refractivity contribution < 1.29 is 4.92 Å². The van der Waals surface area contributed by atoms with E-state index in [1.54, 1.807) is 12.1 Å². The maximum atomic E-state index is 10.9. The highest BCUT2D eigenvalue weighted by Crippen LogP contribution is 2.26. The van der Waals surface area contributed by atoms with Crippen molar-refractivity contribution in [2.45, 2.75) is 51.6 Å². The molecule has 1 saturated heterocycles. The van der Waals surface area contributed by atoms with E-state index in [1.165, 1.54) is 38.3 Å². The van der Waals surface area contributed by atoms with Crippen LogP contribution in [-0.2, 0) is 6.54 Å². The summed E-state index contributed by atoms with van der Waals surface area (Å²) in [6, 6.07) is 7.09. The van der Waals surface area contributed by atoms with Gasteiger partial charge in [0.2, 0.25) is 0 Å². The molecule has 0 radical (unpaired) electrons. The normalized spacial score (nSPS) is 21.5. The maximum Gasteiger partial charge on any atom is 0.269 e. The van der Waals surface area contributed by atoms with Crippen LogP contribution in [0.5, 0.6) is 0 Å². The smallest absolute Gasteiger partial charge is 0.269 e. The van der Waals surface area contributed by atoms with Crippen LogP contribution in [0.1, 0.15) is 44.6 Å². The van der Waals surface area contributed by atoms with E-state index in [-0.39, 0.29) is 10.6 Å². The van der Waals surface area contributed by atoms with Gasteiger partial charge < -0.3 is 15.5 Å². The van der Waals surface area contributed by atoms with Crippen molar-refractivity contribution in [3.05, 3.63) is 39.9 Å². The summed E-state index contributed by atoms with van der Waals surface area (Å²) in [6.07, 6.45) is 6.71. The summed E-state index contributed by atoms with van der Waals surface area (Å²) >= 11 is 0. The van der Waals surface area contributed by atoms with E-state index >= 15 is 0 Å². The van der Waals surface area contributed by atoms with Crippen LogP contribution < -0.4 is 10.6 Å². The summed E-state index contributed by atoms with van der Waals surface area (Å²) in [4.78, 5) is 17.8. The first kappa shape index (κ1) is 19.6. The lowest BCUT2D eigenvalue weighted by atomic mass is 10.1. The van der Waals surface area contributed by atoms with Gasteiger partial charge in [0, 0.05) is 44.4 Å². The van der Waals surface area contributed by atoms with Gasteiger partial charge in [0.05, 0.1) is 11.5 Å². The third kappa shape index (κ3) is 5.92. The van der Waals surface area contributed by atoms with Crippen molar-refractivity contribution in [2.24, 2.45) is 10.9 Å². The molecule has 2 fully saturated rings. The number of benzene rings is 1. The van der Waals surface area contributed by atoms with E-state index in [4.69, 9.17) is 0 Å². The number of nitrogens with one attached hydrogen (secondary N) is 2.